The van der Waals surface area contributed by atoms with Crippen LogP contribution in [-0.4, -0.2) is 47.0 Å². The summed E-state index contributed by atoms with van der Waals surface area (Å²) in [5.41, 5.74) is 0.0934. The normalized spacial score (nSPS) is 14.2. The van der Waals surface area contributed by atoms with Crippen LogP contribution in [0.4, 0.5) is 13.2 Å². The predicted octanol–water partition coefficient (Wildman–Crippen LogP) is 8.16. The number of methoxy groups -OCH3 is 1. The molecule has 55 heavy (non-hydrogen) atoms. The van der Waals surface area contributed by atoms with Gasteiger partial charge in [0.1, 0.15) is 45.8 Å². The summed E-state index contributed by atoms with van der Waals surface area (Å²) in [4.78, 5) is 64.6. The monoisotopic (exact) mass is 766 g/mol. The lowest BCUT2D eigenvalue weighted by Crippen LogP contribution is -2.28. The number of esters is 3. The number of hydrogen-bond acceptors (Lipinski definition) is 10. The van der Waals surface area contributed by atoms with E-state index in [1.54, 1.807) is 48.5 Å². The van der Waals surface area contributed by atoms with Crippen molar-refractivity contribution >= 4 is 29.7 Å². The van der Waals surface area contributed by atoms with Crippen LogP contribution in [0.15, 0.2) is 29.6 Å². The Morgan fingerprint density at radius 1 is 0.727 bits per heavy atom. The van der Waals surface area contributed by atoms with Gasteiger partial charge in [0, 0.05) is 6.08 Å². The van der Waals surface area contributed by atoms with Gasteiger partial charge in [-0.2, -0.15) is 13.2 Å². The lowest BCUT2D eigenvalue weighted by Gasteiger charge is -2.25. The largest absolute Gasteiger partial charge is 0.506 e. The van der Waals surface area contributed by atoms with E-state index in [4.69, 9.17) is 18.9 Å². The molecule has 0 amide bonds. The molecule has 0 radical (unpaired) electrons. The first-order valence-electron chi connectivity index (χ1n) is 17.0. The number of rotatable bonds is 9. The van der Waals surface area contributed by atoms with Crippen LogP contribution in [0.3, 0.4) is 0 Å². The third-order valence-corrected chi connectivity index (χ3v) is 10.1. The maximum atomic E-state index is 14.6. The Bertz CT molecular complexity index is 2230. The van der Waals surface area contributed by atoms with Crippen molar-refractivity contribution in [3.8, 4) is 23.0 Å². The number of alkyl halides is 3. The fraction of sp³-hybridized carbons (Fsp3) is 0.341. The molecule has 292 valence electrons. The van der Waals surface area contributed by atoms with Gasteiger partial charge >= 0.3 is 30.1 Å². The number of phenols is 1. The van der Waals surface area contributed by atoms with Crippen molar-refractivity contribution in [2.24, 2.45) is 5.92 Å². The zero-order valence-electron chi connectivity index (χ0n) is 32.2. The summed E-state index contributed by atoms with van der Waals surface area (Å²) in [5, 5.41) is 20.8. The molecule has 0 fully saturated rings. The number of aromatic hydroxyl groups is 1. The molecule has 3 aromatic carbocycles. The van der Waals surface area contributed by atoms with Gasteiger partial charge in [0.2, 0.25) is 0 Å². The Hall–Kier alpha value is -5.92. The van der Waals surface area contributed by atoms with Gasteiger partial charge in [0.05, 0.1) is 18.2 Å². The zero-order chi connectivity index (χ0) is 41.6. The van der Waals surface area contributed by atoms with E-state index in [0.717, 1.165) is 12.2 Å². The van der Waals surface area contributed by atoms with E-state index in [-0.39, 0.29) is 51.5 Å². The predicted molar refractivity (Wildman–Crippen MR) is 193 cm³/mol. The van der Waals surface area contributed by atoms with Crippen LogP contribution in [0.1, 0.15) is 101 Å². The molecule has 11 nitrogen and oxygen atoms in total. The second kappa shape index (κ2) is 15.4. The number of carboxylic acid groups (broad SMARTS) is 1. The van der Waals surface area contributed by atoms with Gasteiger partial charge in [0.15, 0.2) is 5.78 Å². The lowest BCUT2D eigenvalue weighted by atomic mass is 9.91. The van der Waals surface area contributed by atoms with Crippen LogP contribution in [0.25, 0.3) is 0 Å². The van der Waals surface area contributed by atoms with Crippen molar-refractivity contribution in [2.75, 3.05) is 7.11 Å². The molecule has 0 spiro atoms. The highest BCUT2D eigenvalue weighted by Crippen LogP contribution is 2.48. The summed E-state index contributed by atoms with van der Waals surface area (Å²) in [7, 11) is 1.18. The number of carboxylic acids is 1. The van der Waals surface area contributed by atoms with Crippen LogP contribution in [-0.2, 0) is 26.9 Å². The first-order valence-corrected chi connectivity index (χ1v) is 17.0. The van der Waals surface area contributed by atoms with Crippen molar-refractivity contribution < 1.29 is 66.3 Å². The van der Waals surface area contributed by atoms with Crippen LogP contribution < -0.4 is 14.2 Å². The van der Waals surface area contributed by atoms with E-state index in [1.165, 1.54) is 33.9 Å². The highest BCUT2D eigenvalue weighted by molar-refractivity contribution is 6.04. The van der Waals surface area contributed by atoms with E-state index in [9.17, 15) is 47.4 Å². The number of phenolic OH excluding ortho intramolecular Hbond substituents is 1. The minimum Gasteiger partial charge on any atom is -0.506 e. The molecular weight excluding hydrogens is 725 g/mol. The molecule has 4 rings (SSSR count). The van der Waals surface area contributed by atoms with Crippen LogP contribution in [0.5, 0.6) is 23.0 Å². The Morgan fingerprint density at radius 2 is 1.25 bits per heavy atom. The summed E-state index contributed by atoms with van der Waals surface area (Å²) in [6.07, 6.45) is -3.01. The van der Waals surface area contributed by atoms with Crippen molar-refractivity contribution in [2.45, 2.75) is 81.8 Å². The number of carbonyl (C=O) groups excluding carboxylic acids is 4. The van der Waals surface area contributed by atoms with Crippen molar-refractivity contribution in [1.29, 1.82) is 0 Å². The molecule has 1 aliphatic rings. The molecule has 0 bridgehead atoms. The number of hydrogen-bond donors (Lipinski definition) is 2. The number of carbonyl (C=O) groups is 5. The quantitative estimate of drug-likeness (QED) is 0.160. The topological polar surface area (TPSA) is 163 Å². The first kappa shape index (κ1) is 41.8. The molecule has 0 aromatic heterocycles. The number of benzene rings is 3. The third kappa shape index (κ3) is 7.58. The highest BCUT2D eigenvalue weighted by atomic mass is 19.4. The Labute approximate surface area is 315 Å². The van der Waals surface area contributed by atoms with Crippen molar-refractivity contribution in [3.63, 3.8) is 0 Å². The Balaban J connectivity index is 1.76. The fourth-order valence-electron chi connectivity index (χ4n) is 6.91. The van der Waals surface area contributed by atoms with E-state index < -0.39 is 64.4 Å². The summed E-state index contributed by atoms with van der Waals surface area (Å²) < 4.78 is 65.8. The van der Waals surface area contributed by atoms with Crippen molar-refractivity contribution in [3.05, 3.63) is 102 Å². The molecular formula is C41H41F3O11. The minimum absolute atomic E-state index is 0.0857. The maximum absolute atomic E-state index is 14.6. The van der Waals surface area contributed by atoms with Crippen molar-refractivity contribution in [1.82, 2.24) is 0 Å². The number of aromatic carboxylic acids is 1. The number of allylic oxidation sites excluding steroid dienone is 2. The standard InChI is InChI=1S/C41H41F3O11/c1-12-26-24(10)29(38(49)54-35-21(7)18(4)31(37(47)48)19(5)22(35)8)17(3)14-27(26)53-40(51)32-20(6)23(9)36(33(34(32)46)41(42,43)44)55-39(50)30-16(2)13-25(45)15-28(30)52-11/h13-15,30,46H,12H2,1-11H3,(H,47,48). The maximum Gasteiger partial charge on any atom is 0.423 e. The smallest absolute Gasteiger partial charge is 0.423 e. The molecule has 3 aromatic rings. The number of halogens is 3. The van der Waals surface area contributed by atoms with Gasteiger partial charge in [-0.1, -0.05) is 6.92 Å². The van der Waals surface area contributed by atoms with Crippen LogP contribution in [0.2, 0.25) is 0 Å². The molecule has 14 heteroatoms. The molecule has 0 aliphatic heterocycles. The summed E-state index contributed by atoms with van der Waals surface area (Å²) in [6.45, 7) is 15.2. The second-order valence-corrected chi connectivity index (χ2v) is 13.4. The summed E-state index contributed by atoms with van der Waals surface area (Å²) in [5.74, 6) is -8.91. The highest BCUT2D eigenvalue weighted by Gasteiger charge is 2.44. The zero-order valence-corrected chi connectivity index (χ0v) is 32.2. The molecule has 1 atom stereocenters. The summed E-state index contributed by atoms with van der Waals surface area (Å²) in [6, 6.07) is 1.36. The lowest BCUT2D eigenvalue weighted by molar-refractivity contribution is -0.144. The van der Waals surface area contributed by atoms with Gasteiger partial charge in [-0.05, 0) is 137 Å². The third-order valence-electron chi connectivity index (χ3n) is 10.1. The molecule has 1 aliphatic carbocycles. The van der Waals surface area contributed by atoms with Gasteiger partial charge in [-0.15, -0.1) is 0 Å². The van der Waals surface area contributed by atoms with Crippen LogP contribution >= 0.6 is 0 Å². The van der Waals surface area contributed by atoms with Gasteiger partial charge in [-0.3, -0.25) is 9.59 Å². The number of ether oxygens (including phenoxy) is 4. The molecule has 2 N–H and O–H groups in total. The Kier molecular flexibility index (Phi) is 11.7. The molecule has 0 saturated carbocycles. The van der Waals surface area contributed by atoms with E-state index in [1.807, 2.05) is 0 Å². The number of ketones is 1. The summed E-state index contributed by atoms with van der Waals surface area (Å²) >= 11 is 0. The molecule has 0 saturated heterocycles. The average Bonchev–Trinajstić information content (AvgIpc) is 3.06. The van der Waals surface area contributed by atoms with E-state index in [2.05, 4.69) is 0 Å². The fourth-order valence-corrected chi connectivity index (χ4v) is 6.91. The number of aryl methyl sites for hydroxylation is 1. The minimum atomic E-state index is -5.33. The first-order chi connectivity index (χ1) is 25.5. The van der Waals surface area contributed by atoms with Gasteiger partial charge in [-0.25, -0.2) is 14.4 Å². The van der Waals surface area contributed by atoms with E-state index in [0.29, 0.717) is 38.9 Å². The second-order valence-electron chi connectivity index (χ2n) is 13.4. The van der Waals surface area contributed by atoms with Gasteiger partial charge < -0.3 is 29.2 Å². The Morgan fingerprint density at radius 3 is 1.76 bits per heavy atom. The molecule has 0 heterocycles. The molecule has 1 unspecified atom stereocenters. The van der Waals surface area contributed by atoms with Crippen LogP contribution in [0, 0.1) is 61.3 Å². The van der Waals surface area contributed by atoms with E-state index >= 15 is 0 Å². The SMILES string of the molecule is CCc1c(OC(=O)c2c(C)c(C)c(OC(=O)C3C(C)=CC(=O)C=C3OC)c(C(F)(F)F)c2O)cc(C)c(C(=O)Oc2c(C)c(C)c(C(=O)O)c(C)c2C)c1C. The van der Waals surface area contributed by atoms with Gasteiger partial charge in [0.25, 0.3) is 0 Å². The average molecular weight is 767 g/mol.